The van der Waals surface area contributed by atoms with Crippen LogP contribution in [0.2, 0.25) is 0 Å². The van der Waals surface area contributed by atoms with Gasteiger partial charge in [-0.3, -0.25) is 4.98 Å². The number of aromatic nitrogens is 1. The van der Waals surface area contributed by atoms with Crippen molar-refractivity contribution >= 4 is 0 Å². The van der Waals surface area contributed by atoms with E-state index in [0.717, 1.165) is 11.3 Å². The largest absolute Gasteiger partial charge is 0.387 e. The Morgan fingerprint density at radius 2 is 2.25 bits per heavy atom. The molecule has 3 N–H and O–H groups in total. The molecule has 1 aromatic rings. The van der Waals surface area contributed by atoms with Crippen molar-refractivity contribution < 1.29 is 5.11 Å². The number of aliphatic hydroxyl groups is 1. The average Bonchev–Trinajstić information content (AvgIpc) is 2.04. The third kappa shape index (κ3) is 1.81. The first kappa shape index (κ1) is 9.16. The fourth-order valence-electron chi connectivity index (χ4n) is 1.09. The van der Waals surface area contributed by atoms with Crippen LogP contribution in [0.25, 0.3) is 0 Å². The summed E-state index contributed by atoms with van der Waals surface area (Å²) in [7, 11) is 0. The average molecular weight is 166 g/mol. The lowest BCUT2D eigenvalue weighted by Gasteiger charge is -2.15. The lowest BCUT2D eigenvalue weighted by molar-refractivity contribution is 0.152. The van der Waals surface area contributed by atoms with Gasteiger partial charge in [-0.25, -0.2) is 0 Å². The zero-order chi connectivity index (χ0) is 9.14. The molecule has 66 valence electrons. The Morgan fingerprint density at radius 1 is 1.58 bits per heavy atom. The van der Waals surface area contributed by atoms with Gasteiger partial charge in [0, 0.05) is 23.5 Å². The second kappa shape index (κ2) is 3.65. The van der Waals surface area contributed by atoms with Crippen LogP contribution in [0, 0.1) is 6.92 Å². The Hall–Kier alpha value is -0.930. The van der Waals surface area contributed by atoms with Crippen molar-refractivity contribution in [2.45, 2.75) is 26.0 Å². The van der Waals surface area contributed by atoms with Gasteiger partial charge in [0.1, 0.15) is 0 Å². The van der Waals surface area contributed by atoms with E-state index in [1.807, 2.05) is 13.0 Å². The van der Waals surface area contributed by atoms with E-state index in [2.05, 4.69) is 4.98 Å². The summed E-state index contributed by atoms with van der Waals surface area (Å²) in [6.45, 7) is 3.64. The van der Waals surface area contributed by atoms with Gasteiger partial charge in [-0.05, 0) is 19.9 Å². The molecule has 0 amide bonds. The minimum absolute atomic E-state index is 0.257. The summed E-state index contributed by atoms with van der Waals surface area (Å²) in [5.41, 5.74) is 7.21. The fraction of sp³-hybridized carbons (Fsp3) is 0.444. The van der Waals surface area contributed by atoms with E-state index < -0.39 is 6.10 Å². The molecule has 0 saturated heterocycles. The lowest BCUT2D eigenvalue weighted by Crippen LogP contribution is -2.25. The number of nitrogens with two attached hydrogens (primary N) is 1. The van der Waals surface area contributed by atoms with Gasteiger partial charge in [-0.2, -0.15) is 0 Å². The highest BCUT2D eigenvalue weighted by Crippen LogP contribution is 2.17. The van der Waals surface area contributed by atoms with Crippen molar-refractivity contribution in [2.24, 2.45) is 5.73 Å². The molecule has 2 unspecified atom stereocenters. The van der Waals surface area contributed by atoms with Gasteiger partial charge in [-0.15, -0.1) is 0 Å². The van der Waals surface area contributed by atoms with E-state index in [-0.39, 0.29) is 6.04 Å². The van der Waals surface area contributed by atoms with E-state index in [9.17, 15) is 5.11 Å². The summed E-state index contributed by atoms with van der Waals surface area (Å²) >= 11 is 0. The van der Waals surface area contributed by atoms with Gasteiger partial charge in [0.25, 0.3) is 0 Å². The lowest BCUT2D eigenvalue weighted by atomic mass is 10.0. The first-order valence-corrected chi connectivity index (χ1v) is 3.98. The van der Waals surface area contributed by atoms with Crippen LogP contribution in [-0.2, 0) is 0 Å². The Bertz CT molecular complexity index is 260. The smallest absolute Gasteiger partial charge is 0.0955 e. The zero-order valence-electron chi connectivity index (χ0n) is 7.36. The number of rotatable bonds is 2. The molecule has 0 saturated carbocycles. The quantitative estimate of drug-likeness (QED) is 0.682. The van der Waals surface area contributed by atoms with Gasteiger partial charge < -0.3 is 10.8 Å². The standard InChI is InChI=1S/C9H14N2O/c1-6(10)9(12)8-4-3-5-11-7(8)2/h3-6,9,12H,10H2,1-2H3. The molecule has 2 atom stereocenters. The predicted molar refractivity (Wildman–Crippen MR) is 47.6 cm³/mol. The fourth-order valence-corrected chi connectivity index (χ4v) is 1.09. The molecule has 0 bridgehead atoms. The van der Waals surface area contributed by atoms with Crippen LogP contribution in [0.3, 0.4) is 0 Å². The number of hydrogen-bond acceptors (Lipinski definition) is 3. The molecule has 1 rings (SSSR count). The highest BCUT2D eigenvalue weighted by Gasteiger charge is 2.14. The normalized spacial score (nSPS) is 15.7. The van der Waals surface area contributed by atoms with Gasteiger partial charge in [0.05, 0.1) is 6.10 Å². The van der Waals surface area contributed by atoms with E-state index in [0.29, 0.717) is 0 Å². The van der Waals surface area contributed by atoms with Gasteiger partial charge in [0.2, 0.25) is 0 Å². The van der Waals surface area contributed by atoms with E-state index in [4.69, 9.17) is 5.73 Å². The van der Waals surface area contributed by atoms with Gasteiger partial charge in [-0.1, -0.05) is 6.07 Å². The van der Waals surface area contributed by atoms with Crippen LogP contribution >= 0.6 is 0 Å². The van der Waals surface area contributed by atoms with Gasteiger partial charge >= 0.3 is 0 Å². The molecule has 0 radical (unpaired) electrons. The molecule has 0 aliphatic heterocycles. The Labute approximate surface area is 72.2 Å². The summed E-state index contributed by atoms with van der Waals surface area (Å²) in [5.74, 6) is 0. The highest BCUT2D eigenvalue weighted by molar-refractivity contribution is 5.21. The van der Waals surface area contributed by atoms with Crippen molar-refractivity contribution in [1.29, 1.82) is 0 Å². The molecule has 1 heterocycles. The minimum Gasteiger partial charge on any atom is -0.387 e. The van der Waals surface area contributed by atoms with Crippen molar-refractivity contribution in [2.75, 3.05) is 0 Å². The Kier molecular flexibility index (Phi) is 2.78. The number of aryl methyl sites for hydroxylation is 1. The highest BCUT2D eigenvalue weighted by atomic mass is 16.3. The molecule has 3 heteroatoms. The van der Waals surface area contributed by atoms with Crippen LogP contribution in [0.1, 0.15) is 24.3 Å². The van der Waals surface area contributed by atoms with E-state index >= 15 is 0 Å². The molecular weight excluding hydrogens is 152 g/mol. The van der Waals surface area contributed by atoms with Gasteiger partial charge in [0.15, 0.2) is 0 Å². The van der Waals surface area contributed by atoms with Crippen molar-refractivity contribution in [3.63, 3.8) is 0 Å². The maximum atomic E-state index is 9.61. The maximum Gasteiger partial charge on any atom is 0.0955 e. The van der Waals surface area contributed by atoms with Crippen LogP contribution in [-0.4, -0.2) is 16.1 Å². The van der Waals surface area contributed by atoms with Crippen LogP contribution in [0.4, 0.5) is 0 Å². The molecule has 0 aromatic carbocycles. The summed E-state index contributed by atoms with van der Waals surface area (Å²) in [6.07, 6.45) is 1.09. The van der Waals surface area contributed by atoms with Crippen molar-refractivity contribution in [1.82, 2.24) is 4.98 Å². The number of nitrogens with zero attached hydrogens (tertiary/aromatic N) is 1. The zero-order valence-corrected chi connectivity index (χ0v) is 7.36. The van der Waals surface area contributed by atoms with E-state index in [1.165, 1.54) is 0 Å². The summed E-state index contributed by atoms with van der Waals surface area (Å²) in [4.78, 5) is 4.07. The summed E-state index contributed by atoms with van der Waals surface area (Å²) in [5, 5.41) is 9.61. The SMILES string of the molecule is Cc1ncccc1C(O)C(C)N. The summed E-state index contributed by atoms with van der Waals surface area (Å²) in [6, 6.07) is 3.39. The molecule has 12 heavy (non-hydrogen) atoms. The Balaban J connectivity index is 2.94. The first-order valence-electron chi connectivity index (χ1n) is 3.98. The third-order valence-electron chi connectivity index (χ3n) is 1.86. The van der Waals surface area contributed by atoms with Crippen LogP contribution in [0.5, 0.6) is 0 Å². The van der Waals surface area contributed by atoms with Crippen LogP contribution < -0.4 is 5.73 Å². The first-order chi connectivity index (χ1) is 5.63. The monoisotopic (exact) mass is 166 g/mol. The molecule has 0 fully saturated rings. The third-order valence-corrected chi connectivity index (χ3v) is 1.86. The minimum atomic E-state index is -0.612. The van der Waals surface area contributed by atoms with Crippen molar-refractivity contribution in [3.05, 3.63) is 29.6 Å². The molecule has 0 aliphatic carbocycles. The van der Waals surface area contributed by atoms with Crippen molar-refractivity contribution in [3.8, 4) is 0 Å². The molecular formula is C9H14N2O. The number of aliphatic hydroxyl groups excluding tert-OH is 1. The second-order valence-corrected chi connectivity index (χ2v) is 2.98. The second-order valence-electron chi connectivity index (χ2n) is 2.98. The molecule has 0 spiro atoms. The predicted octanol–water partition coefficient (Wildman–Crippen LogP) is 0.771. The maximum absolute atomic E-state index is 9.61. The molecule has 1 aromatic heterocycles. The van der Waals surface area contributed by atoms with Crippen LogP contribution in [0.15, 0.2) is 18.3 Å². The molecule has 3 nitrogen and oxygen atoms in total. The Morgan fingerprint density at radius 3 is 2.75 bits per heavy atom. The number of pyridine rings is 1. The number of hydrogen-bond donors (Lipinski definition) is 2. The van der Waals surface area contributed by atoms with E-state index in [1.54, 1.807) is 19.2 Å². The molecule has 0 aliphatic rings. The topological polar surface area (TPSA) is 59.1 Å². The summed E-state index contributed by atoms with van der Waals surface area (Å²) < 4.78 is 0.